The molecular weight excluding hydrogens is 406 g/mol. The maximum absolute atomic E-state index is 11.3. The summed E-state index contributed by atoms with van der Waals surface area (Å²) in [6.45, 7) is 7.86. The first-order valence-corrected chi connectivity index (χ1v) is 14.6. The van der Waals surface area contributed by atoms with E-state index in [1.165, 1.54) is 0 Å². The first-order chi connectivity index (χ1) is 12.5. The first-order valence-electron chi connectivity index (χ1n) is 8.46. The van der Waals surface area contributed by atoms with Crippen LogP contribution in [0, 0.1) is 11.3 Å². The molecule has 0 saturated carbocycles. The zero-order chi connectivity index (χ0) is 20.2. The Morgan fingerprint density at radius 2 is 2.07 bits per heavy atom. The van der Waals surface area contributed by atoms with Gasteiger partial charge >= 0.3 is 0 Å². The molecule has 8 nitrogen and oxygen atoms in total. The normalized spacial score (nSPS) is 12.3. The summed E-state index contributed by atoms with van der Waals surface area (Å²) < 4.78 is 30.1. The minimum Gasteiger partial charge on any atom is -0.368 e. The summed E-state index contributed by atoms with van der Waals surface area (Å²) in [6.07, 6.45) is 2.80. The molecule has 148 valence electrons. The predicted molar refractivity (Wildman–Crippen MR) is 110 cm³/mol. The third kappa shape index (κ3) is 6.46. The van der Waals surface area contributed by atoms with Crippen molar-refractivity contribution in [3.63, 3.8) is 0 Å². The third-order valence-electron chi connectivity index (χ3n) is 3.80. The van der Waals surface area contributed by atoms with E-state index in [0.717, 1.165) is 12.3 Å². The van der Waals surface area contributed by atoms with Gasteiger partial charge in [-0.05, 0) is 17.6 Å². The molecule has 2 rings (SSSR count). The van der Waals surface area contributed by atoms with Crippen molar-refractivity contribution in [3.05, 3.63) is 17.0 Å². The van der Waals surface area contributed by atoms with Gasteiger partial charge in [0.1, 0.15) is 34.1 Å². The van der Waals surface area contributed by atoms with E-state index in [9.17, 15) is 13.7 Å². The molecule has 0 aliphatic carbocycles. The topological polar surface area (TPSA) is 110 Å². The zero-order valence-corrected chi connectivity index (χ0v) is 18.5. The lowest BCUT2D eigenvalue weighted by atomic mass is 10.2. The molecule has 1 N–H and O–H groups in total. The van der Waals surface area contributed by atoms with Crippen LogP contribution in [0.3, 0.4) is 0 Å². The summed E-state index contributed by atoms with van der Waals surface area (Å²) in [6, 6.07) is 3.15. The van der Waals surface area contributed by atoms with E-state index in [-0.39, 0.29) is 24.3 Å². The molecule has 27 heavy (non-hydrogen) atoms. The Morgan fingerprint density at radius 3 is 2.67 bits per heavy atom. The summed E-state index contributed by atoms with van der Waals surface area (Å²) in [5, 5.41) is 12.9. The summed E-state index contributed by atoms with van der Waals surface area (Å²) in [5.41, 5.74) is 0.846. The van der Waals surface area contributed by atoms with Crippen molar-refractivity contribution in [1.82, 2.24) is 14.5 Å². The number of aromatic nitrogens is 3. The second kappa shape index (κ2) is 8.56. The molecule has 2 aromatic rings. The number of nitrogens with one attached hydrogen (secondary N) is 1. The van der Waals surface area contributed by atoms with Crippen LogP contribution < -0.4 is 5.32 Å². The molecule has 0 bridgehead atoms. The van der Waals surface area contributed by atoms with Crippen LogP contribution in [0.2, 0.25) is 31.0 Å². The van der Waals surface area contributed by atoms with E-state index < -0.39 is 17.9 Å². The molecule has 2 heterocycles. The number of halogens is 1. The number of sulfone groups is 1. The van der Waals surface area contributed by atoms with Crippen molar-refractivity contribution in [1.29, 1.82) is 5.26 Å². The van der Waals surface area contributed by atoms with Crippen molar-refractivity contribution < 1.29 is 13.2 Å². The fraction of sp³-hybridized carbons (Fsp3) is 0.562. The van der Waals surface area contributed by atoms with Crippen molar-refractivity contribution in [2.45, 2.75) is 32.4 Å². The van der Waals surface area contributed by atoms with Gasteiger partial charge in [-0.15, -0.1) is 0 Å². The van der Waals surface area contributed by atoms with Crippen LogP contribution in [-0.2, 0) is 21.3 Å². The average Bonchev–Trinajstić information content (AvgIpc) is 2.87. The number of ether oxygens (including phenoxy) is 1. The summed E-state index contributed by atoms with van der Waals surface area (Å²) >= 11 is 6.03. The van der Waals surface area contributed by atoms with Crippen LogP contribution in [0.5, 0.6) is 0 Å². The Labute approximate surface area is 165 Å². The highest BCUT2D eigenvalue weighted by atomic mass is 35.5. The van der Waals surface area contributed by atoms with Gasteiger partial charge in [-0.1, -0.05) is 19.6 Å². The lowest BCUT2D eigenvalue weighted by molar-refractivity contribution is 0.0898. The Morgan fingerprint density at radius 1 is 1.37 bits per heavy atom. The van der Waals surface area contributed by atoms with E-state index in [0.29, 0.717) is 29.0 Å². The van der Waals surface area contributed by atoms with Crippen LogP contribution >= 0.6 is 11.6 Å². The fourth-order valence-electron chi connectivity index (χ4n) is 2.37. The van der Waals surface area contributed by atoms with Crippen LogP contribution in [0.1, 0.15) is 5.56 Å². The van der Waals surface area contributed by atoms with Crippen molar-refractivity contribution >= 4 is 46.4 Å². The predicted octanol–water partition coefficient (Wildman–Crippen LogP) is 2.73. The van der Waals surface area contributed by atoms with E-state index in [1.54, 1.807) is 10.8 Å². The Bertz CT molecular complexity index is 963. The molecule has 11 heteroatoms. The molecule has 0 fully saturated rings. The smallest absolute Gasteiger partial charge is 0.226 e. The molecular formula is C16H24ClN5O3SSi. The largest absolute Gasteiger partial charge is 0.368 e. The van der Waals surface area contributed by atoms with Gasteiger partial charge in [-0.2, -0.15) is 10.2 Å². The molecule has 0 spiro atoms. The SMILES string of the molecule is C[Si](C)(C)CCOCn1cc(C#N)c2c(NCCS(C)(=O)=O)nc(Cl)nc21. The van der Waals surface area contributed by atoms with Crippen LogP contribution in [0.4, 0.5) is 5.82 Å². The van der Waals surface area contributed by atoms with Gasteiger partial charge in [0.25, 0.3) is 0 Å². The van der Waals surface area contributed by atoms with Gasteiger partial charge in [0, 0.05) is 33.7 Å². The quantitative estimate of drug-likeness (QED) is 0.370. The second-order valence-corrected chi connectivity index (χ2v) is 15.8. The van der Waals surface area contributed by atoms with Crippen molar-refractivity contribution in [2.75, 3.05) is 30.5 Å². The van der Waals surface area contributed by atoms with E-state index >= 15 is 0 Å². The minimum absolute atomic E-state index is 0.00953. The number of nitrogens with zero attached hydrogens (tertiary/aromatic N) is 4. The molecule has 0 amide bonds. The summed E-state index contributed by atoms with van der Waals surface area (Å²) in [7, 11) is -4.31. The Kier molecular flexibility index (Phi) is 6.86. The lowest BCUT2D eigenvalue weighted by Crippen LogP contribution is -2.22. The maximum Gasteiger partial charge on any atom is 0.226 e. The van der Waals surface area contributed by atoms with Gasteiger partial charge < -0.3 is 14.6 Å². The average molecular weight is 430 g/mol. The Hall–Kier alpha value is -1.67. The lowest BCUT2D eigenvalue weighted by Gasteiger charge is -2.15. The molecule has 2 aromatic heterocycles. The maximum atomic E-state index is 11.3. The Balaban J connectivity index is 2.26. The van der Waals surface area contributed by atoms with Gasteiger partial charge in [-0.25, -0.2) is 13.4 Å². The minimum atomic E-state index is -3.12. The number of fused-ring (bicyclic) bond motifs is 1. The highest BCUT2D eigenvalue weighted by Gasteiger charge is 2.18. The van der Waals surface area contributed by atoms with Crippen molar-refractivity contribution in [2.24, 2.45) is 0 Å². The molecule has 0 aliphatic heterocycles. The monoisotopic (exact) mass is 429 g/mol. The van der Waals surface area contributed by atoms with Gasteiger partial charge in [-0.3, -0.25) is 0 Å². The number of hydrogen-bond acceptors (Lipinski definition) is 7. The van der Waals surface area contributed by atoms with Crippen molar-refractivity contribution in [3.8, 4) is 6.07 Å². The summed E-state index contributed by atoms with van der Waals surface area (Å²) in [5.74, 6) is 0.282. The van der Waals surface area contributed by atoms with Crippen LogP contribution in [0.25, 0.3) is 11.0 Å². The molecule has 0 saturated heterocycles. The second-order valence-electron chi connectivity index (χ2n) is 7.57. The number of rotatable bonds is 9. The van der Waals surface area contributed by atoms with Gasteiger partial charge in [0.05, 0.1) is 16.7 Å². The number of anilines is 1. The third-order valence-corrected chi connectivity index (χ3v) is 6.62. The van der Waals surface area contributed by atoms with Crippen LogP contribution in [-0.4, -0.2) is 56.2 Å². The highest BCUT2D eigenvalue weighted by Crippen LogP contribution is 2.27. The van der Waals surface area contributed by atoms with Gasteiger partial charge in [0.15, 0.2) is 0 Å². The van der Waals surface area contributed by atoms with Crippen LogP contribution in [0.15, 0.2) is 6.20 Å². The van der Waals surface area contributed by atoms with E-state index in [4.69, 9.17) is 16.3 Å². The first kappa shape index (κ1) is 21.6. The zero-order valence-electron chi connectivity index (χ0n) is 15.9. The van der Waals surface area contributed by atoms with Gasteiger partial charge in [0.2, 0.25) is 5.28 Å². The molecule has 0 aromatic carbocycles. The number of nitriles is 1. The molecule has 0 atom stereocenters. The fourth-order valence-corrected chi connectivity index (χ4v) is 3.76. The molecule has 0 unspecified atom stereocenters. The van der Waals surface area contributed by atoms with E-state index in [1.807, 2.05) is 0 Å². The standard InChI is InChI=1S/C16H24ClN5O3SSi/c1-26(23,24)7-5-19-14-13-12(9-18)10-22(15(13)21-16(17)20-14)11-25-6-8-27(2,3)4/h10H,5-8,11H2,1-4H3,(H,19,20,21). The highest BCUT2D eigenvalue weighted by molar-refractivity contribution is 7.90. The number of hydrogen-bond donors (Lipinski definition) is 1. The van der Waals surface area contributed by atoms with E-state index in [2.05, 4.69) is 41.0 Å². The molecule has 0 radical (unpaired) electrons. The summed E-state index contributed by atoms with van der Waals surface area (Å²) in [4.78, 5) is 8.35. The molecule has 0 aliphatic rings.